The molecule has 2 amide bonds. The van der Waals surface area contributed by atoms with Crippen LogP contribution in [0, 0.1) is 0 Å². The molecule has 1 aromatic carbocycles. The maximum atomic E-state index is 11.7. The smallest absolute Gasteiger partial charge is 0.314 e. The van der Waals surface area contributed by atoms with Crippen molar-refractivity contribution in [1.29, 1.82) is 0 Å². The van der Waals surface area contributed by atoms with Crippen LogP contribution in [0.2, 0.25) is 0 Å². The van der Waals surface area contributed by atoms with Crippen LogP contribution in [-0.2, 0) is 12.8 Å². The fraction of sp³-hybridized carbons (Fsp3) is 0.562. The normalized spacial score (nSPS) is 18.3. The zero-order valence-corrected chi connectivity index (χ0v) is 12.2. The molecule has 21 heavy (non-hydrogen) atoms. The molecule has 1 heterocycles. The topological polar surface area (TPSA) is 70.6 Å². The Morgan fingerprint density at radius 3 is 2.95 bits per heavy atom. The highest BCUT2D eigenvalue weighted by molar-refractivity contribution is 5.73. The molecule has 0 spiro atoms. The molecule has 0 radical (unpaired) electrons. The first-order chi connectivity index (χ1) is 10.1. The van der Waals surface area contributed by atoms with E-state index in [1.165, 1.54) is 11.1 Å². The summed E-state index contributed by atoms with van der Waals surface area (Å²) in [6, 6.07) is 5.99. The first-order valence-electron chi connectivity index (χ1n) is 7.63. The van der Waals surface area contributed by atoms with Crippen LogP contribution >= 0.6 is 0 Å². The van der Waals surface area contributed by atoms with Gasteiger partial charge in [-0.25, -0.2) is 4.79 Å². The highest BCUT2D eigenvalue weighted by Gasteiger charge is 2.34. The van der Waals surface area contributed by atoms with Crippen LogP contribution in [0.1, 0.15) is 30.4 Å². The molecule has 0 atom stereocenters. The molecule has 0 aromatic heterocycles. The lowest BCUT2D eigenvalue weighted by atomic mass is 9.80. The van der Waals surface area contributed by atoms with E-state index >= 15 is 0 Å². The third-order valence-electron chi connectivity index (χ3n) is 4.32. The van der Waals surface area contributed by atoms with Crippen molar-refractivity contribution in [1.82, 2.24) is 10.6 Å². The lowest BCUT2D eigenvalue weighted by molar-refractivity contribution is -0.0290. The molecule has 5 nitrogen and oxygen atoms in total. The van der Waals surface area contributed by atoms with Crippen molar-refractivity contribution in [3.05, 3.63) is 29.3 Å². The second-order valence-corrected chi connectivity index (χ2v) is 5.98. The minimum absolute atomic E-state index is 0.209. The van der Waals surface area contributed by atoms with Gasteiger partial charge in [-0.05, 0) is 42.9 Å². The van der Waals surface area contributed by atoms with Crippen molar-refractivity contribution in [3.63, 3.8) is 0 Å². The van der Waals surface area contributed by atoms with Crippen LogP contribution in [0.15, 0.2) is 18.2 Å². The predicted molar refractivity (Wildman–Crippen MR) is 79.5 cm³/mol. The van der Waals surface area contributed by atoms with Gasteiger partial charge in [0.15, 0.2) is 0 Å². The van der Waals surface area contributed by atoms with Crippen molar-refractivity contribution in [3.8, 4) is 5.75 Å². The highest BCUT2D eigenvalue weighted by atomic mass is 16.5. The van der Waals surface area contributed by atoms with E-state index in [1.807, 2.05) is 12.1 Å². The molecule has 1 aromatic rings. The average molecular weight is 290 g/mol. The summed E-state index contributed by atoms with van der Waals surface area (Å²) in [6.45, 7) is 1.70. The number of amides is 2. The van der Waals surface area contributed by atoms with E-state index in [2.05, 4.69) is 16.7 Å². The third-order valence-corrected chi connectivity index (χ3v) is 4.32. The zero-order valence-electron chi connectivity index (χ0n) is 12.2. The molecular formula is C16H22N2O3. The summed E-state index contributed by atoms with van der Waals surface area (Å²) in [7, 11) is 0. The quantitative estimate of drug-likeness (QED) is 0.767. The second kappa shape index (κ2) is 5.93. The fourth-order valence-electron chi connectivity index (χ4n) is 2.78. The number of carbonyl (C=O) groups excluding carboxylic acids is 1. The largest absolute Gasteiger partial charge is 0.493 e. The predicted octanol–water partition coefficient (Wildman–Crippen LogP) is 1.38. The van der Waals surface area contributed by atoms with Crippen LogP contribution in [0.25, 0.3) is 0 Å². The molecule has 5 heteroatoms. The number of ether oxygens (including phenoxy) is 1. The SMILES string of the molecule is O=C(NCCc1ccc2c(c1)CCO2)NCC1(O)CCC1. The summed E-state index contributed by atoms with van der Waals surface area (Å²) in [4.78, 5) is 11.7. The van der Waals surface area contributed by atoms with Gasteiger partial charge in [0.2, 0.25) is 0 Å². The van der Waals surface area contributed by atoms with Crippen molar-refractivity contribution in [2.24, 2.45) is 0 Å². The van der Waals surface area contributed by atoms with Gasteiger partial charge in [0.1, 0.15) is 5.75 Å². The van der Waals surface area contributed by atoms with E-state index in [4.69, 9.17) is 4.74 Å². The Hall–Kier alpha value is -1.75. The molecule has 1 aliphatic heterocycles. The summed E-state index contributed by atoms with van der Waals surface area (Å²) in [5, 5.41) is 15.5. The molecule has 0 unspecified atom stereocenters. The molecule has 3 N–H and O–H groups in total. The minimum atomic E-state index is -0.669. The Morgan fingerprint density at radius 1 is 1.33 bits per heavy atom. The highest BCUT2D eigenvalue weighted by Crippen LogP contribution is 2.30. The number of fused-ring (bicyclic) bond motifs is 1. The number of rotatable bonds is 5. The number of urea groups is 1. The molecular weight excluding hydrogens is 268 g/mol. The fourth-order valence-corrected chi connectivity index (χ4v) is 2.78. The molecule has 0 bridgehead atoms. The van der Waals surface area contributed by atoms with E-state index in [1.54, 1.807) is 0 Å². The van der Waals surface area contributed by atoms with Crippen LogP contribution in [-0.4, -0.2) is 36.4 Å². The molecule has 0 saturated heterocycles. The summed E-state index contributed by atoms with van der Waals surface area (Å²) >= 11 is 0. The Morgan fingerprint density at radius 2 is 2.19 bits per heavy atom. The Labute approximate surface area is 124 Å². The van der Waals surface area contributed by atoms with Gasteiger partial charge in [-0.2, -0.15) is 0 Å². The van der Waals surface area contributed by atoms with Gasteiger partial charge >= 0.3 is 6.03 Å². The van der Waals surface area contributed by atoms with E-state index in [-0.39, 0.29) is 6.03 Å². The van der Waals surface area contributed by atoms with Crippen LogP contribution in [0.5, 0.6) is 5.75 Å². The van der Waals surface area contributed by atoms with E-state index < -0.39 is 5.60 Å². The maximum Gasteiger partial charge on any atom is 0.314 e. The summed E-state index contributed by atoms with van der Waals surface area (Å²) in [5.74, 6) is 0.984. The summed E-state index contributed by atoms with van der Waals surface area (Å²) in [6.07, 6.45) is 4.37. The first kappa shape index (κ1) is 14.2. The number of nitrogens with one attached hydrogen (secondary N) is 2. The van der Waals surface area contributed by atoms with E-state index in [0.717, 1.165) is 44.5 Å². The minimum Gasteiger partial charge on any atom is -0.493 e. The van der Waals surface area contributed by atoms with Gasteiger partial charge in [0.25, 0.3) is 0 Å². The van der Waals surface area contributed by atoms with E-state index in [0.29, 0.717) is 13.1 Å². The van der Waals surface area contributed by atoms with Gasteiger partial charge in [-0.1, -0.05) is 12.1 Å². The summed E-state index contributed by atoms with van der Waals surface area (Å²) < 4.78 is 5.47. The molecule has 1 fully saturated rings. The van der Waals surface area contributed by atoms with Gasteiger partial charge in [0.05, 0.1) is 12.2 Å². The molecule has 3 rings (SSSR count). The lowest BCUT2D eigenvalue weighted by Crippen LogP contribution is -2.50. The first-order valence-corrected chi connectivity index (χ1v) is 7.63. The van der Waals surface area contributed by atoms with Crippen molar-refractivity contribution >= 4 is 6.03 Å². The number of aliphatic hydroxyl groups is 1. The van der Waals surface area contributed by atoms with Gasteiger partial charge < -0.3 is 20.5 Å². The molecule has 2 aliphatic rings. The van der Waals surface area contributed by atoms with Crippen molar-refractivity contribution in [2.45, 2.75) is 37.7 Å². The molecule has 1 aliphatic carbocycles. The Balaban J connectivity index is 1.38. The molecule has 1 saturated carbocycles. The number of benzene rings is 1. The van der Waals surface area contributed by atoms with Crippen LogP contribution in [0.4, 0.5) is 4.79 Å². The maximum absolute atomic E-state index is 11.7. The van der Waals surface area contributed by atoms with Crippen LogP contribution in [0.3, 0.4) is 0 Å². The number of hydrogen-bond donors (Lipinski definition) is 3. The van der Waals surface area contributed by atoms with Gasteiger partial charge in [-0.3, -0.25) is 0 Å². The molecule has 114 valence electrons. The average Bonchev–Trinajstić information content (AvgIpc) is 2.90. The second-order valence-electron chi connectivity index (χ2n) is 5.98. The number of hydrogen-bond acceptors (Lipinski definition) is 3. The number of carbonyl (C=O) groups is 1. The Bertz CT molecular complexity index is 526. The van der Waals surface area contributed by atoms with E-state index in [9.17, 15) is 9.90 Å². The van der Waals surface area contributed by atoms with Crippen LogP contribution < -0.4 is 15.4 Å². The lowest BCUT2D eigenvalue weighted by Gasteiger charge is -2.36. The van der Waals surface area contributed by atoms with Crippen molar-refractivity contribution in [2.75, 3.05) is 19.7 Å². The monoisotopic (exact) mass is 290 g/mol. The van der Waals surface area contributed by atoms with Gasteiger partial charge in [0, 0.05) is 19.5 Å². The van der Waals surface area contributed by atoms with Crippen molar-refractivity contribution < 1.29 is 14.6 Å². The van der Waals surface area contributed by atoms with Gasteiger partial charge in [-0.15, -0.1) is 0 Å². The summed E-state index contributed by atoms with van der Waals surface area (Å²) in [5.41, 5.74) is 1.79. The third kappa shape index (κ3) is 3.47. The standard InChI is InChI=1S/C16H22N2O3/c19-15(18-11-16(20)6-1-7-16)17-8-4-12-2-3-14-13(10-12)5-9-21-14/h2-3,10,20H,1,4-9,11H2,(H2,17,18,19). The Kier molecular flexibility index (Phi) is 4.01. The zero-order chi connectivity index (χ0) is 14.7.